The van der Waals surface area contributed by atoms with Crippen molar-refractivity contribution in [2.75, 3.05) is 12.0 Å². The highest BCUT2D eigenvalue weighted by Crippen LogP contribution is 2.29. The van der Waals surface area contributed by atoms with Gasteiger partial charge in [-0.3, -0.25) is 30.4 Å². The number of benzene rings is 2. The van der Waals surface area contributed by atoms with Crippen LogP contribution >= 0.6 is 0 Å². The van der Waals surface area contributed by atoms with Gasteiger partial charge in [0.05, 0.1) is 15.9 Å². The summed E-state index contributed by atoms with van der Waals surface area (Å²) >= 11 is 0. The predicted octanol–water partition coefficient (Wildman–Crippen LogP) is 2.88. The summed E-state index contributed by atoms with van der Waals surface area (Å²) < 4.78 is 4.94. The lowest BCUT2D eigenvalue weighted by Gasteiger charge is -2.08. The number of carbonyl (C=O) groups is 1. The first-order valence-electron chi connectivity index (χ1n) is 7.32. The molecule has 0 atom stereocenters. The van der Waals surface area contributed by atoms with Gasteiger partial charge in [0.15, 0.2) is 0 Å². The molecule has 0 aromatic heterocycles. The Morgan fingerprint density at radius 1 is 1.12 bits per heavy atom. The molecule has 10 nitrogen and oxygen atoms in total. The summed E-state index contributed by atoms with van der Waals surface area (Å²) in [6, 6.07) is 11.9. The van der Waals surface area contributed by atoms with E-state index in [0.29, 0.717) is 11.3 Å². The van der Waals surface area contributed by atoms with E-state index in [-0.39, 0.29) is 12.3 Å². The maximum Gasteiger partial charge on any atom is 0.303 e. The molecule has 2 aromatic rings. The van der Waals surface area contributed by atoms with Crippen LogP contribution in [0.3, 0.4) is 0 Å². The normalized spacial score (nSPS) is 10.9. The van der Waals surface area contributed by atoms with Gasteiger partial charge in [0, 0.05) is 18.6 Å². The van der Waals surface area contributed by atoms with Crippen molar-refractivity contribution in [3.63, 3.8) is 0 Å². The molecule has 0 aliphatic rings. The number of ether oxygens (including phenoxy) is 1. The van der Waals surface area contributed by atoms with Gasteiger partial charge in [-0.25, -0.2) is 0 Å². The molecule has 0 radical (unpaired) electrons. The van der Waals surface area contributed by atoms with Crippen LogP contribution in [0.15, 0.2) is 53.6 Å². The number of nitro groups is 2. The molecule has 0 amide bonds. The SMILES string of the molecule is CC(=O)OCC(=NNc1ccc([N+](=O)[O-])cc1[N+](=O)[O-])c1ccccc1. The van der Waals surface area contributed by atoms with Gasteiger partial charge in [-0.1, -0.05) is 30.3 Å². The van der Waals surface area contributed by atoms with Gasteiger partial charge in [-0.05, 0) is 6.07 Å². The quantitative estimate of drug-likeness (QED) is 0.347. The largest absolute Gasteiger partial charge is 0.459 e. The van der Waals surface area contributed by atoms with Gasteiger partial charge >= 0.3 is 11.7 Å². The van der Waals surface area contributed by atoms with E-state index in [1.807, 2.05) is 0 Å². The van der Waals surface area contributed by atoms with Gasteiger partial charge in [0.1, 0.15) is 18.0 Å². The first-order valence-corrected chi connectivity index (χ1v) is 7.32. The lowest BCUT2D eigenvalue weighted by atomic mass is 10.1. The number of hydrogen-bond acceptors (Lipinski definition) is 8. The molecule has 0 saturated carbocycles. The molecule has 0 unspecified atom stereocenters. The Kier molecular flexibility index (Phi) is 5.93. The van der Waals surface area contributed by atoms with Crippen LogP contribution in [-0.4, -0.2) is 28.1 Å². The number of nitrogens with one attached hydrogen (secondary N) is 1. The molecule has 0 spiro atoms. The van der Waals surface area contributed by atoms with Crippen LogP contribution < -0.4 is 5.43 Å². The Morgan fingerprint density at radius 2 is 1.81 bits per heavy atom. The second-order valence-corrected chi connectivity index (χ2v) is 5.03. The molecule has 0 aliphatic carbocycles. The van der Waals surface area contributed by atoms with Crippen LogP contribution in [0.25, 0.3) is 0 Å². The van der Waals surface area contributed by atoms with E-state index in [1.54, 1.807) is 30.3 Å². The molecular weight excluding hydrogens is 344 g/mol. The van der Waals surface area contributed by atoms with Crippen LogP contribution in [0, 0.1) is 20.2 Å². The molecule has 0 fully saturated rings. The number of rotatable bonds is 7. The van der Waals surface area contributed by atoms with E-state index in [2.05, 4.69) is 10.5 Å². The second-order valence-electron chi connectivity index (χ2n) is 5.03. The second kappa shape index (κ2) is 8.33. The fourth-order valence-corrected chi connectivity index (χ4v) is 1.99. The summed E-state index contributed by atoms with van der Waals surface area (Å²) in [5.41, 5.74) is 2.55. The minimum atomic E-state index is -0.751. The average molecular weight is 358 g/mol. The van der Waals surface area contributed by atoms with Crippen molar-refractivity contribution in [3.8, 4) is 0 Å². The van der Waals surface area contributed by atoms with E-state index in [4.69, 9.17) is 4.74 Å². The van der Waals surface area contributed by atoms with Crippen molar-refractivity contribution >= 4 is 28.7 Å². The molecule has 0 aliphatic heterocycles. The molecule has 2 rings (SSSR count). The summed E-state index contributed by atoms with van der Waals surface area (Å²) in [5, 5.41) is 26.0. The predicted molar refractivity (Wildman–Crippen MR) is 93.0 cm³/mol. The zero-order valence-electron chi connectivity index (χ0n) is 13.6. The molecule has 2 aromatic carbocycles. The number of non-ortho nitro benzene ring substituents is 1. The number of hydrazone groups is 1. The van der Waals surface area contributed by atoms with E-state index < -0.39 is 27.2 Å². The molecule has 134 valence electrons. The van der Waals surface area contributed by atoms with E-state index >= 15 is 0 Å². The van der Waals surface area contributed by atoms with Gasteiger partial charge in [0.2, 0.25) is 0 Å². The van der Waals surface area contributed by atoms with E-state index in [0.717, 1.165) is 12.1 Å². The number of anilines is 1. The minimum absolute atomic E-state index is 0.0307. The van der Waals surface area contributed by atoms with Gasteiger partial charge in [0.25, 0.3) is 5.69 Å². The molecule has 0 bridgehead atoms. The highest BCUT2D eigenvalue weighted by atomic mass is 16.6. The van der Waals surface area contributed by atoms with Gasteiger partial charge in [-0.15, -0.1) is 0 Å². The zero-order chi connectivity index (χ0) is 19.1. The van der Waals surface area contributed by atoms with Crippen molar-refractivity contribution in [2.45, 2.75) is 6.92 Å². The highest BCUT2D eigenvalue weighted by molar-refractivity contribution is 6.02. The third-order valence-corrected chi connectivity index (χ3v) is 3.22. The lowest BCUT2D eigenvalue weighted by molar-refractivity contribution is -0.393. The number of hydrogen-bond donors (Lipinski definition) is 1. The van der Waals surface area contributed by atoms with Crippen molar-refractivity contribution < 1.29 is 19.4 Å². The topological polar surface area (TPSA) is 137 Å². The van der Waals surface area contributed by atoms with Crippen LogP contribution in [0.5, 0.6) is 0 Å². The number of esters is 1. The Hall–Kier alpha value is -3.82. The van der Waals surface area contributed by atoms with E-state index in [1.165, 1.54) is 13.0 Å². The Labute approximate surface area is 147 Å². The van der Waals surface area contributed by atoms with Crippen molar-refractivity contribution in [1.29, 1.82) is 0 Å². The number of carbonyl (C=O) groups excluding carboxylic acids is 1. The summed E-state index contributed by atoms with van der Waals surface area (Å²) in [6.07, 6.45) is 0. The smallest absolute Gasteiger partial charge is 0.303 e. The summed E-state index contributed by atoms with van der Waals surface area (Å²) in [5.74, 6) is -0.505. The zero-order valence-corrected chi connectivity index (χ0v) is 13.6. The van der Waals surface area contributed by atoms with Crippen molar-refractivity contribution in [1.82, 2.24) is 0 Å². The third kappa shape index (κ3) is 4.84. The fourth-order valence-electron chi connectivity index (χ4n) is 1.99. The molecule has 10 heteroatoms. The maximum absolute atomic E-state index is 11.2. The number of nitro benzene ring substituents is 2. The van der Waals surface area contributed by atoms with Crippen LogP contribution in [0.2, 0.25) is 0 Å². The third-order valence-electron chi connectivity index (χ3n) is 3.22. The minimum Gasteiger partial charge on any atom is -0.459 e. The van der Waals surface area contributed by atoms with E-state index in [9.17, 15) is 25.0 Å². The standard InChI is InChI=1S/C16H14N4O6/c1-11(21)26-10-15(12-5-3-2-4-6-12)18-17-14-8-7-13(19(22)23)9-16(14)20(24)25/h2-9,17H,10H2,1H3. The molecule has 1 N–H and O–H groups in total. The summed E-state index contributed by atoms with van der Waals surface area (Å²) in [4.78, 5) is 31.5. The fraction of sp³-hybridized carbons (Fsp3) is 0.125. The lowest BCUT2D eigenvalue weighted by Crippen LogP contribution is -2.15. The molecule has 0 heterocycles. The molecular formula is C16H14N4O6. The Morgan fingerprint density at radius 3 is 2.38 bits per heavy atom. The Bertz CT molecular complexity index is 866. The van der Waals surface area contributed by atoms with Crippen LogP contribution in [-0.2, 0) is 9.53 Å². The molecule has 0 saturated heterocycles. The molecule has 26 heavy (non-hydrogen) atoms. The van der Waals surface area contributed by atoms with Gasteiger partial charge < -0.3 is 4.74 Å². The average Bonchev–Trinajstić information content (AvgIpc) is 2.62. The maximum atomic E-state index is 11.2. The van der Waals surface area contributed by atoms with Crippen LogP contribution in [0.1, 0.15) is 12.5 Å². The Balaban J connectivity index is 2.35. The van der Waals surface area contributed by atoms with Crippen molar-refractivity contribution in [3.05, 3.63) is 74.3 Å². The summed E-state index contributed by atoms with van der Waals surface area (Å²) in [7, 11) is 0. The number of nitrogens with zero attached hydrogens (tertiary/aromatic N) is 3. The highest BCUT2D eigenvalue weighted by Gasteiger charge is 2.19. The van der Waals surface area contributed by atoms with Crippen LogP contribution in [0.4, 0.5) is 17.1 Å². The first kappa shape index (κ1) is 18.5. The monoisotopic (exact) mass is 358 g/mol. The summed E-state index contributed by atoms with van der Waals surface area (Å²) in [6.45, 7) is 1.10. The van der Waals surface area contributed by atoms with Gasteiger partial charge in [-0.2, -0.15) is 5.10 Å². The first-order chi connectivity index (χ1) is 12.4. The van der Waals surface area contributed by atoms with Crippen molar-refractivity contribution in [2.24, 2.45) is 5.10 Å².